The van der Waals surface area contributed by atoms with Gasteiger partial charge >= 0.3 is 243 Å². The van der Waals surface area contributed by atoms with E-state index in [1.165, 1.54) is 21.3 Å². The molecule has 0 bridgehead atoms. The molecule has 2 heterocycles. The van der Waals surface area contributed by atoms with Gasteiger partial charge in [-0.25, -0.2) is 0 Å². The summed E-state index contributed by atoms with van der Waals surface area (Å²) in [4.78, 5) is 2.02. The molecule has 1 N–H and O–H groups in total. The van der Waals surface area contributed by atoms with E-state index in [1.54, 1.807) is 7.11 Å². The number of hydrogen-bond acceptors (Lipinski definition) is 5. The fourth-order valence-corrected chi connectivity index (χ4v) is 7.80. The summed E-state index contributed by atoms with van der Waals surface area (Å²) in [5, 5.41) is -0.892. The normalized spacial score (nSPS) is 15.3. The first-order chi connectivity index (χ1) is 19.7. The van der Waals surface area contributed by atoms with Crippen molar-refractivity contribution in [2.45, 2.75) is 45.4 Å². The molecule has 1 atom stereocenters. The summed E-state index contributed by atoms with van der Waals surface area (Å²) in [7, 11) is -2.45. The molecular weight excluding hydrogens is 603 g/mol. The second-order valence-corrected chi connectivity index (χ2v) is 14.1. The van der Waals surface area contributed by atoms with Gasteiger partial charge in [-0.2, -0.15) is 0 Å². The molecule has 7 nitrogen and oxygen atoms in total. The van der Waals surface area contributed by atoms with Crippen molar-refractivity contribution in [2.24, 2.45) is 0 Å². The van der Waals surface area contributed by atoms with E-state index >= 15 is 0 Å². The summed E-state index contributed by atoms with van der Waals surface area (Å²) in [6.45, 7) is 7.03. The predicted molar refractivity (Wildman–Crippen MR) is 165 cm³/mol. The topological polar surface area (TPSA) is 80.0 Å². The van der Waals surface area contributed by atoms with E-state index in [9.17, 15) is 13.0 Å². The standard InChI is InChI=1S/C32H34N2O5SSe/c1-5-23(19-32-33(6-2)28-21-26(38-4)13-15-30(28)41-32)18-31-34(17-16-22(3)40(35,36)37)27-20-25(12-14-29(27)39-31)24-10-8-7-9-11-24/h7-15,18-22H,5-6,16-17H2,1-4H3/p+1. The number of rotatable bonds is 10. The fourth-order valence-electron chi connectivity index (χ4n) is 4.91. The van der Waals surface area contributed by atoms with Gasteiger partial charge in [-0.05, 0) is 0 Å². The number of ether oxygens (including phenoxy) is 2. The number of nitrogens with zero attached hydrogens (tertiary/aromatic N) is 2. The molecule has 214 valence electrons. The quantitative estimate of drug-likeness (QED) is 0.129. The maximum absolute atomic E-state index is 11.8. The second kappa shape index (κ2) is 12.2. The average molecular weight is 639 g/mol. The van der Waals surface area contributed by atoms with E-state index in [-0.39, 0.29) is 20.9 Å². The van der Waals surface area contributed by atoms with Crippen molar-refractivity contribution in [1.29, 1.82) is 0 Å². The zero-order valence-corrected chi connectivity index (χ0v) is 26.2. The molecule has 0 spiro atoms. The number of allylic oxidation sites excluding steroid dienone is 2. The number of benzene rings is 3. The maximum atomic E-state index is 11.8. The summed E-state index contributed by atoms with van der Waals surface area (Å²) in [6, 6.07) is 22.5. The van der Waals surface area contributed by atoms with Gasteiger partial charge in [-0.3, -0.25) is 0 Å². The molecule has 1 aliphatic rings. The van der Waals surface area contributed by atoms with E-state index in [0.717, 1.165) is 46.9 Å². The number of aryl methyl sites for hydroxylation is 1. The summed E-state index contributed by atoms with van der Waals surface area (Å²) in [5.74, 6) is 2.22. The van der Waals surface area contributed by atoms with Gasteiger partial charge in [0.1, 0.15) is 0 Å². The number of anilines is 1. The molecule has 41 heavy (non-hydrogen) atoms. The monoisotopic (exact) mass is 639 g/mol. The van der Waals surface area contributed by atoms with E-state index < -0.39 is 15.4 Å². The Balaban J connectivity index is 1.54. The van der Waals surface area contributed by atoms with Crippen molar-refractivity contribution in [3.05, 3.63) is 88.8 Å². The Hall–Kier alpha value is -3.36. The van der Waals surface area contributed by atoms with Gasteiger partial charge in [0.15, 0.2) is 0 Å². The molecule has 0 saturated heterocycles. The van der Waals surface area contributed by atoms with Crippen LogP contribution in [0.15, 0.2) is 84.3 Å². The molecule has 1 aliphatic heterocycles. The molecule has 4 aromatic rings. The molecule has 0 amide bonds. The molecule has 9 heteroatoms. The van der Waals surface area contributed by atoms with Crippen molar-refractivity contribution < 1.29 is 27.0 Å². The third-order valence-corrected chi connectivity index (χ3v) is 11.0. The molecule has 0 fully saturated rings. The van der Waals surface area contributed by atoms with Gasteiger partial charge in [0.05, 0.1) is 0 Å². The predicted octanol–water partition coefficient (Wildman–Crippen LogP) is 6.08. The molecule has 0 radical (unpaired) electrons. The van der Waals surface area contributed by atoms with E-state index in [4.69, 9.17) is 9.47 Å². The number of fused-ring (bicyclic) bond motifs is 2. The first-order valence-corrected chi connectivity index (χ1v) is 17.0. The molecule has 1 unspecified atom stereocenters. The van der Waals surface area contributed by atoms with Crippen LogP contribution in [0.25, 0.3) is 27.0 Å². The molecule has 5 rings (SSSR count). The van der Waals surface area contributed by atoms with Gasteiger partial charge in [0, 0.05) is 0 Å². The van der Waals surface area contributed by atoms with E-state index in [2.05, 4.69) is 60.9 Å². The minimum atomic E-state index is -4.14. The van der Waals surface area contributed by atoms with Crippen LogP contribution in [0.4, 0.5) is 5.69 Å². The van der Waals surface area contributed by atoms with Crippen molar-refractivity contribution in [3.63, 3.8) is 0 Å². The Morgan fingerprint density at radius 3 is 2.56 bits per heavy atom. The van der Waals surface area contributed by atoms with Crippen LogP contribution in [-0.4, -0.2) is 46.4 Å². The van der Waals surface area contributed by atoms with Crippen molar-refractivity contribution in [3.8, 4) is 22.6 Å². The summed E-state index contributed by atoms with van der Waals surface area (Å²) in [5.41, 5.74) is 5.31. The van der Waals surface area contributed by atoms with E-state index in [0.29, 0.717) is 12.4 Å². The van der Waals surface area contributed by atoms with Crippen LogP contribution in [0.1, 0.15) is 38.2 Å². The SMILES string of the molecule is CCC(/C=C1\Oc2ccc(-c3ccccc3)cc2N1CCC(C)S(=O)(=O)O)=C\c1[se]c2ccc(OC)cc2[n+]1CC. The zero-order chi connectivity index (χ0) is 29.1. The Bertz CT molecular complexity index is 1730. The summed E-state index contributed by atoms with van der Waals surface area (Å²) in [6.07, 6.45) is 5.36. The number of methoxy groups -OCH3 is 1. The van der Waals surface area contributed by atoms with Crippen LogP contribution in [-0.2, 0) is 16.7 Å². The Morgan fingerprint density at radius 1 is 1.10 bits per heavy atom. The summed E-state index contributed by atoms with van der Waals surface area (Å²) >= 11 is 0.158. The van der Waals surface area contributed by atoms with Crippen LogP contribution in [0, 0.1) is 0 Å². The van der Waals surface area contributed by atoms with Crippen LogP contribution in [0.2, 0.25) is 0 Å². The molecule has 0 saturated carbocycles. The Kier molecular flexibility index (Phi) is 8.71. The zero-order valence-electron chi connectivity index (χ0n) is 23.7. The number of hydrogen-bond donors (Lipinski definition) is 1. The minimum absolute atomic E-state index is 0.158. The van der Waals surface area contributed by atoms with Gasteiger partial charge in [0.2, 0.25) is 0 Å². The van der Waals surface area contributed by atoms with Crippen LogP contribution in [0.3, 0.4) is 0 Å². The van der Waals surface area contributed by atoms with Gasteiger partial charge < -0.3 is 0 Å². The van der Waals surface area contributed by atoms with Gasteiger partial charge in [0.25, 0.3) is 0 Å². The Morgan fingerprint density at radius 2 is 1.88 bits per heavy atom. The first kappa shape index (κ1) is 29.1. The molecule has 0 aliphatic carbocycles. The molecule has 1 aromatic heterocycles. The molecule has 3 aromatic carbocycles. The van der Waals surface area contributed by atoms with Gasteiger partial charge in [-0.15, -0.1) is 0 Å². The van der Waals surface area contributed by atoms with E-state index in [1.807, 2.05) is 41.3 Å². The van der Waals surface area contributed by atoms with Crippen molar-refractivity contribution in [1.82, 2.24) is 0 Å². The third kappa shape index (κ3) is 6.28. The summed E-state index contributed by atoms with van der Waals surface area (Å²) < 4.78 is 49.9. The fraction of sp³-hybridized carbons (Fsp3) is 0.281. The van der Waals surface area contributed by atoms with Crippen molar-refractivity contribution in [2.75, 3.05) is 18.6 Å². The number of aromatic nitrogens is 1. The second-order valence-electron chi connectivity index (χ2n) is 9.99. The molecular formula is C32H35N2O5SSe+. The van der Waals surface area contributed by atoms with Crippen LogP contribution in [0.5, 0.6) is 11.5 Å². The van der Waals surface area contributed by atoms with Crippen LogP contribution >= 0.6 is 0 Å². The average Bonchev–Trinajstić information content (AvgIpc) is 3.50. The van der Waals surface area contributed by atoms with Crippen molar-refractivity contribution >= 4 is 46.2 Å². The van der Waals surface area contributed by atoms with Crippen LogP contribution < -0.4 is 18.9 Å². The Labute approximate surface area is 247 Å². The van der Waals surface area contributed by atoms with Gasteiger partial charge in [-0.1, -0.05) is 6.07 Å². The first-order valence-electron chi connectivity index (χ1n) is 13.8. The third-order valence-electron chi connectivity index (χ3n) is 7.38.